The Morgan fingerprint density at radius 2 is 1.07 bits per heavy atom. The Morgan fingerprint density at radius 1 is 0.614 bits per heavy atom. The molecule has 0 spiro atoms. The summed E-state index contributed by atoms with van der Waals surface area (Å²) in [5.41, 5.74) is 1.35. The highest BCUT2D eigenvalue weighted by atomic mass is 16.5. The Morgan fingerprint density at radius 3 is 1.50 bits per heavy atom. The number of hydrogen-bond donors (Lipinski definition) is 0. The zero-order valence-corrected chi connectivity index (χ0v) is 25.4. The molecule has 0 bridgehead atoms. The van der Waals surface area contributed by atoms with Crippen LogP contribution in [0, 0.1) is 11.8 Å². The molecule has 0 saturated heterocycles. The van der Waals surface area contributed by atoms with Gasteiger partial charge in [0.05, 0.1) is 47.4 Å². The molecule has 4 amide bonds. The second-order valence-corrected chi connectivity index (χ2v) is 10.7. The second-order valence-electron chi connectivity index (χ2n) is 10.7. The van der Waals surface area contributed by atoms with Crippen molar-refractivity contribution in [2.24, 2.45) is 11.8 Å². The van der Waals surface area contributed by atoms with Crippen molar-refractivity contribution >= 4 is 23.6 Å². The summed E-state index contributed by atoms with van der Waals surface area (Å²) < 4.78 is 27.8. The molecule has 1 fully saturated rings. The van der Waals surface area contributed by atoms with Crippen molar-refractivity contribution in [3.63, 3.8) is 0 Å². The van der Waals surface area contributed by atoms with Crippen LogP contribution in [0.1, 0.15) is 35.8 Å². The maximum atomic E-state index is 14.4. The number of nitrogens with zero attached hydrogens (tertiary/aromatic N) is 2. The molecular formula is C33H36N2O9. The molecule has 232 valence electrons. The lowest BCUT2D eigenvalue weighted by atomic mass is 9.51. The minimum Gasteiger partial charge on any atom is -0.493 e. The smallest absolute Gasteiger partial charge is 0.252 e. The summed E-state index contributed by atoms with van der Waals surface area (Å²) in [4.78, 5) is 56.9. The van der Waals surface area contributed by atoms with Crippen molar-refractivity contribution in [1.29, 1.82) is 0 Å². The predicted molar refractivity (Wildman–Crippen MR) is 159 cm³/mol. The van der Waals surface area contributed by atoms with Crippen LogP contribution in [0.5, 0.6) is 28.7 Å². The summed E-state index contributed by atoms with van der Waals surface area (Å²) in [6, 6.07) is 8.86. The first-order valence-corrected chi connectivity index (χ1v) is 14.3. The van der Waals surface area contributed by atoms with Crippen LogP contribution in [0.3, 0.4) is 0 Å². The third-order valence-corrected chi connectivity index (χ3v) is 8.61. The van der Waals surface area contributed by atoms with E-state index < -0.39 is 47.3 Å². The van der Waals surface area contributed by atoms with Crippen molar-refractivity contribution in [2.45, 2.75) is 24.7 Å². The van der Waals surface area contributed by atoms with Gasteiger partial charge >= 0.3 is 0 Å². The van der Waals surface area contributed by atoms with Gasteiger partial charge in [0.1, 0.15) is 0 Å². The lowest BCUT2D eigenvalue weighted by Crippen LogP contribution is -2.59. The van der Waals surface area contributed by atoms with Gasteiger partial charge in [0.15, 0.2) is 23.0 Å². The Labute approximate surface area is 255 Å². The quantitative estimate of drug-likeness (QED) is 0.396. The molecule has 0 radical (unpaired) electrons. The summed E-state index contributed by atoms with van der Waals surface area (Å²) in [5.74, 6) is -2.89. The summed E-state index contributed by atoms with van der Waals surface area (Å²) >= 11 is 0. The molecule has 4 atom stereocenters. The van der Waals surface area contributed by atoms with E-state index in [0.717, 1.165) is 0 Å². The maximum absolute atomic E-state index is 14.4. The Hall–Kier alpha value is -4.80. The molecule has 2 aromatic rings. The minimum atomic E-state index is -0.974. The molecule has 2 aliphatic heterocycles. The normalized spacial score (nSPS) is 22.8. The average molecular weight is 605 g/mol. The van der Waals surface area contributed by atoms with Crippen molar-refractivity contribution in [3.05, 3.63) is 65.8 Å². The fraction of sp³-hybridized carbons (Fsp3) is 0.394. The van der Waals surface area contributed by atoms with Gasteiger partial charge in [-0.2, -0.15) is 0 Å². The van der Waals surface area contributed by atoms with E-state index in [1.165, 1.54) is 57.5 Å². The van der Waals surface area contributed by atoms with E-state index in [0.29, 0.717) is 52.7 Å². The number of benzene rings is 2. The topological polar surface area (TPSA) is 121 Å². The Balaban J connectivity index is 1.71. The van der Waals surface area contributed by atoms with Gasteiger partial charge in [-0.15, -0.1) is 0 Å². The van der Waals surface area contributed by atoms with Crippen molar-refractivity contribution in [2.75, 3.05) is 48.6 Å². The van der Waals surface area contributed by atoms with Crippen LogP contribution in [-0.2, 0) is 19.2 Å². The minimum absolute atomic E-state index is 0.194. The Kier molecular flexibility index (Phi) is 8.93. The van der Waals surface area contributed by atoms with Gasteiger partial charge in [0, 0.05) is 24.9 Å². The number of rotatable bonds is 9. The summed E-state index contributed by atoms with van der Waals surface area (Å²) in [6.45, 7) is 0.393. The zero-order chi connectivity index (χ0) is 31.5. The van der Waals surface area contributed by atoms with Crippen LogP contribution in [0.2, 0.25) is 0 Å². The van der Waals surface area contributed by atoms with Crippen molar-refractivity contribution < 1.29 is 42.9 Å². The largest absolute Gasteiger partial charge is 0.493 e. The van der Waals surface area contributed by atoms with Crippen LogP contribution >= 0.6 is 0 Å². The molecule has 2 aromatic carbocycles. The van der Waals surface area contributed by atoms with Crippen molar-refractivity contribution in [3.8, 4) is 28.7 Å². The highest BCUT2D eigenvalue weighted by Crippen LogP contribution is 2.61. The number of carbonyl (C=O) groups excluding carboxylic acids is 4. The lowest BCUT2D eigenvalue weighted by molar-refractivity contribution is -0.162. The van der Waals surface area contributed by atoms with Crippen LogP contribution in [0.25, 0.3) is 0 Å². The highest BCUT2D eigenvalue weighted by molar-refractivity contribution is 6.07. The van der Waals surface area contributed by atoms with Gasteiger partial charge < -0.3 is 23.7 Å². The molecular weight excluding hydrogens is 568 g/mol. The van der Waals surface area contributed by atoms with E-state index in [1.54, 1.807) is 36.4 Å². The van der Waals surface area contributed by atoms with E-state index in [2.05, 4.69) is 0 Å². The molecule has 3 aliphatic rings. The van der Waals surface area contributed by atoms with Gasteiger partial charge in [-0.3, -0.25) is 29.0 Å². The van der Waals surface area contributed by atoms with Gasteiger partial charge in [-0.1, -0.05) is 18.2 Å². The number of ether oxygens (including phenoxy) is 5. The van der Waals surface area contributed by atoms with E-state index in [4.69, 9.17) is 23.7 Å². The monoisotopic (exact) mass is 604 g/mol. The number of amides is 4. The number of hydrogen-bond acceptors (Lipinski definition) is 9. The van der Waals surface area contributed by atoms with Crippen molar-refractivity contribution in [1.82, 2.24) is 9.80 Å². The average Bonchev–Trinajstić information content (AvgIpc) is 3.03. The molecule has 44 heavy (non-hydrogen) atoms. The van der Waals surface area contributed by atoms with Gasteiger partial charge in [-0.05, 0) is 60.4 Å². The Bertz CT molecular complexity index is 1510. The highest BCUT2D eigenvalue weighted by Gasteiger charge is 2.61. The first-order chi connectivity index (χ1) is 21.3. The van der Waals surface area contributed by atoms with Crippen LogP contribution in [-0.4, -0.2) is 82.1 Å². The molecule has 2 heterocycles. The fourth-order valence-corrected chi connectivity index (χ4v) is 6.52. The molecule has 0 unspecified atom stereocenters. The van der Waals surface area contributed by atoms with E-state index in [9.17, 15) is 19.2 Å². The third-order valence-electron chi connectivity index (χ3n) is 8.61. The summed E-state index contributed by atoms with van der Waals surface area (Å²) in [6.07, 6.45) is 7.20. The molecule has 11 nitrogen and oxygen atoms in total. The first-order valence-electron chi connectivity index (χ1n) is 14.3. The lowest BCUT2D eigenvalue weighted by Gasteiger charge is -2.52. The number of imide groups is 2. The number of carbonyl (C=O) groups is 4. The van der Waals surface area contributed by atoms with Crippen LogP contribution < -0.4 is 23.7 Å². The van der Waals surface area contributed by atoms with E-state index >= 15 is 0 Å². The third kappa shape index (κ3) is 5.27. The molecule has 11 heteroatoms. The SMILES string of the molecule is COc1ccc([C@H]2[C@H](C(=O)N3CCC=CC3=O)[C@H](C(=O)N3CCC=CC3=O)[C@H]2c2cc(OC)c(OC)c(OC)c2)cc1OC. The summed E-state index contributed by atoms with van der Waals surface area (Å²) in [5, 5.41) is 0. The van der Waals surface area contributed by atoms with Crippen LogP contribution in [0.15, 0.2) is 54.6 Å². The standard InChI is InChI=1S/C33H36N2O9/c1-40-21-13-12-19(16-22(21)41-2)27-28(20-17-23(42-3)31(44-5)24(18-20)43-4)30(33(39)35-15-9-7-11-26(35)37)29(27)32(38)34-14-8-6-10-25(34)36/h6-7,10-13,16-18,27-30H,8-9,14-15H2,1-5H3/t27-,28+,29+,30-/m1/s1. The van der Waals surface area contributed by atoms with Gasteiger partial charge in [-0.25, -0.2) is 0 Å². The maximum Gasteiger partial charge on any atom is 0.252 e. The van der Waals surface area contributed by atoms with E-state index in [1.807, 2.05) is 6.07 Å². The molecule has 1 saturated carbocycles. The molecule has 0 aromatic heterocycles. The van der Waals surface area contributed by atoms with E-state index in [-0.39, 0.29) is 13.1 Å². The van der Waals surface area contributed by atoms with Gasteiger partial charge in [0.2, 0.25) is 17.6 Å². The molecule has 0 N–H and O–H groups in total. The molecule has 1 aliphatic carbocycles. The molecule has 5 rings (SSSR count). The summed E-state index contributed by atoms with van der Waals surface area (Å²) in [7, 11) is 7.53. The first kappa shape index (κ1) is 30.7. The fourth-order valence-electron chi connectivity index (χ4n) is 6.52. The second kappa shape index (κ2) is 12.8. The van der Waals surface area contributed by atoms with Gasteiger partial charge in [0.25, 0.3) is 11.8 Å². The van der Waals surface area contributed by atoms with Crippen LogP contribution in [0.4, 0.5) is 0 Å². The zero-order valence-electron chi connectivity index (χ0n) is 25.4. The predicted octanol–water partition coefficient (Wildman–Crippen LogP) is 3.47. The number of methoxy groups -OCH3 is 5.